The van der Waals surface area contributed by atoms with E-state index in [-0.39, 0.29) is 11.8 Å². The van der Waals surface area contributed by atoms with E-state index >= 15 is 0 Å². The van der Waals surface area contributed by atoms with Crippen molar-refractivity contribution in [3.05, 3.63) is 71.6 Å². The third-order valence-electron chi connectivity index (χ3n) is 4.35. The van der Waals surface area contributed by atoms with E-state index < -0.39 is 0 Å². The molecule has 0 saturated heterocycles. The lowest BCUT2D eigenvalue weighted by Gasteiger charge is -2.19. The van der Waals surface area contributed by atoms with Crippen LogP contribution in [0.15, 0.2) is 54.9 Å². The van der Waals surface area contributed by atoms with Crippen molar-refractivity contribution < 1.29 is 9.59 Å². The Morgan fingerprint density at radius 1 is 1.00 bits per heavy atom. The monoisotopic (exact) mass is 329 g/mol. The number of H-pyrrole nitrogens is 1. The molecule has 0 atom stereocenters. The molecule has 4 rings (SSSR count). The second-order valence-electron chi connectivity index (χ2n) is 6.17. The Balaban J connectivity index is 1.60. The fourth-order valence-electron chi connectivity index (χ4n) is 3.06. The third-order valence-corrected chi connectivity index (χ3v) is 4.35. The highest BCUT2D eigenvalue weighted by molar-refractivity contribution is 6.35. The Morgan fingerprint density at radius 3 is 2.76 bits per heavy atom. The van der Waals surface area contributed by atoms with Gasteiger partial charge in [0.05, 0.1) is 5.57 Å². The van der Waals surface area contributed by atoms with E-state index in [9.17, 15) is 9.59 Å². The molecule has 2 heterocycles. The van der Waals surface area contributed by atoms with Gasteiger partial charge in [-0.15, -0.1) is 0 Å². The largest absolute Gasteiger partial charge is 0.386 e. The zero-order valence-corrected chi connectivity index (χ0v) is 13.7. The van der Waals surface area contributed by atoms with Gasteiger partial charge in [-0.25, -0.2) is 0 Å². The van der Waals surface area contributed by atoms with Crippen LogP contribution in [0.5, 0.6) is 0 Å². The van der Waals surface area contributed by atoms with Crippen molar-refractivity contribution in [2.45, 2.75) is 6.54 Å². The van der Waals surface area contributed by atoms with Crippen molar-refractivity contribution >= 4 is 41.6 Å². The van der Waals surface area contributed by atoms with Gasteiger partial charge in [0.15, 0.2) is 0 Å². The molecule has 1 aromatic heterocycles. The summed E-state index contributed by atoms with van der Waals surface area (Å²) in [6, 6.07) is 13.7. The lowest BCUT2D eigenvalue weighted by molar-refractivity contribution is -0.114. The number of imide groups is 1. The summed E-state index contributed by atoms with van der Waals surface area (Å²) >= 11 is 0. The SMILES string of the molecule is Bc1ccc2c(c1)/C(=C/NCc1ccc3cc[nH]c3c1)C(=O)NC2=O. The zero-order chi connectivity index (χ0) is 17.4. The van der Waals surface area contributed by atoms with Crippen LogP contribution in [0.25, 0.3) is 16.5 Å². The van der Waals surface area contributed by atoms with Gasteiger partial charge in [-0.1, -0.05) is 29.7 Å². The Kier molecular flexibility index (Phi) is 3.65. The smallest absolute Gasteiger partial charge is 0.260 e. The van der Waals surface area contributed by atoms with Gasteiger partial charge in [0.25, 0.3) is 11.8 Å². The number of carbonyl (C=O) groups excluding carboxylic acids is 2. The van der Waals surface area contributed by atoms with E-state index in [0.29, 0.717) is 23.2 Å². The summed E-state index contributed by atoms with van der Waals surface area (Å²) in [5.74, 6) is -0.732. The number of benzene rings is 2. The van der Waals surface area contributed by atoms with E-state index in [0.717, 1.165) is 21.9 Å². The van der Waals surface area contributed by atoms with Gasteiger partial charge in [0.2, 0.25) is 0 Å². The molecule has 0 saturated carbocycles. The van der Waals surface area contributed by atoms with Gasteiger partial charge in [-0.2, -0.15) is 0 Å². The molecule has 3 N–H and O–H groups in total. The summed E-state index contributed by atoms with van der Waals surface area (Å²) in [6.07, 6.45) is 3.59. The number of rotatable bonds is 3. The maximum Gasteiger partial charge on any atom is 0.260 e. The molecule has 0 fully saturated rings. The van der Waals surface area contributed by atoms with Crippen molar-refractivity contribution in [2.24, 2.45) is 0 Å². The Bertz CT molecular complexity index is 1040. The standard InChI is InChI=1S/C19H16BN3O2/c20-13-3-4-14-15(8-13)16(19(25)23-18(14)24)10-21-9-11-1-2-12-5-6-22-17(12)7-11/h1-8,10,21-22H,9,20H2,(H,23,24,25)/b16-10-. The zero-order valence-electron chi connectivity index (χ0n) is 13.7. The number of carbonyl (C=O) groups is 2. The lowest BCUT2D eigenvalue weighted by Crippen LogP contribution is -2.37. The van der Waals surface area contributed by atoms with Crippen molar-refractivity contribution in [2.75, 3.05) is 0 Å². The van der Waals surface area contributed by atoms with Gasteiger partial charge in [0.1, 0.15) is 7.85 Å². The summed E-state index contributed by atoms with van der Waals surface area (Å²) in [5, 5.41) is 6.73. The molecule has 3 aromatic rings. The number of aromatic amines is 1. The predicted molar refractivity (Wildman–Crippen MR) is 100 cm³/mol. The normalized spacial score (nSPS) is 15.3. The van der Waals surface area contributed by atoms with Crippen LogP contribution in [0.1, 0.15) is 21.5 Å². The minimum atomic E-state index is -0.379. The van der Waals surface area contributed by atoms with Crippen LogP contribution in [0.4, 0.5) is 0 Å². The third kappa shape index (κ3) is 2.82. The van der Waals surface area contributed by atoms with Crippen molar-refractivity contribution in [1.82, 2.24) is 15.6 Å². The van der Waals surface area contributed by atoms with E-state index in [1.165, 1.54) is 0 Å². The van der Waals surface area contributed by atoms with Gasteiger partial charge >= 0.3 is 0 Å². The van der Waals surface area contributed by atoms with Crippen LogP contribution >= 0.6 is 0 Å². The summed E-state index contributed by atoms with van der Waals surface area (Å²) in [7, 11) is 1.94. The Hall–Kier alpha value is -3.28. The average molecular weight is 329 g/mol. The first-order valence-corrected chi connectivity index (χ1v) is 8.08. The van der Waals surface area contributed by atoms with Crippen molar-refractivity contribution in [3.8, 4) is 0 Å². The van der Waals surface area contributed by atoms with Crippen LogP contribution in [0.2, 0.25) is 0 Å². The first kappa shape index (κ1) is 15.3. The molecule has 0 aliphatic carbocycles. The van der Waals surface area contributed by atoms with E-state index in [2.05, 4.69) is 27.8 Å². The van der Waals surface area contributed by atoms with Crippen LogP contribution < -0.4 is 16.1 Å². The highest BCUT2D eigenvalue weighted by Crippen LogP contribution is 2.22. The molecule has 2 aromatic carbocycles. The van der Waals surface area contributed by atoms with Gasteiger partial charge < -0.3 is 10.3 Å². The van der Waals surface area contributed by atoms with Gasteiger partial charge in [-0.05, 0) is 29.1 Å². The second kappa shape index (κ2) is 5.98. The molecule has 6 heteroatoms. The minimum absolute atomic E-state index is 0.352. The van der Waals surface area contributed by atoms with Crippen LogP contribution in [0.3, 0.4) is 0 Å². The molecule has 5 nitrogen and oxygen atoms in total. The predicted octanol–water partition coefficient (Wildman–Crippen LogP) is 0.827. The maximum atomic E-state index is 12.2. The topological polar surface area (TPSA) is 74.0 Å². The molecule has 0 bridgehead atoms. The molecular formula is C19H16BN3O2. The number of amides is 2. The number of fused-ring (bicyclic) bond motifs is 2. The van der Waals surface area contributed by atoms with Crippen LogP contribution in [-0.2, 0) is 11.3 Å². The lowest BCUT2D eigenvalue weighted by atomic mass is 9.87. The van der Waals surface area contributed by atoms with Crippen molar-refractivity contribution in [1.29, 1.82) is 0 Å². The first-order valence-electron chi connectivity index (χ1n) is 8.08. The Morgan fingerprint density at radius 2 is 1.88 bits per heavy atom. The molecular weight excluding hydrogens is 313 g/mol. The van der Waals surface area contributed by atoms with Crippen LogP contribution in [0, 0.1) is 0 Å². The molecule has 1 aliphatic rings. The van der Waals surface area contributed by atoms with E-state index in [1.807, 2.05) is 38.3 Å². The number of aromatic nitrogens is 1. The molecule has 0 unspecified atom stereocenters. The Labute approximate surface area is 145 Å². The quantitative estimate of drug-likeness (QED) is 0.379. The summed E-state index contributed by atoms with van der Waals surface area (Å²) in [5.41, 5.74) is 4.84. The molecule has 0 radical (unpaired) electrons. The van der Waals surface area contributed by atoms with Gasteiger partial charge in [0, 0.05) is 35.6 Å². The first-order chi connectivity index (χ1) is 12.1. The van der Waals surface area contributed by atoms with Crippen molar-refractivity contribution in [3.63, 3.8) is 0 Å². The summed E-state index contributed by atoms with van der Waals surface area (Å²) < 4.78 is 0. The maximum absolute atomic E-state index is 12.2. The summed E-state index contributed by atoms with van der Waals surface area (Å²) in [4.78, 5) is 27.4. The number of hydrogen-bond acceptors (Lipinski definition) is 3. The fraction of sp³-hybridized carbons (Fsp3) is 0.0526. The molecule has 1 aliphatic heterocycles. The molecule has 122 valence electrons. The van der Waals surface area contributed by atoms with E-state index in [4.69, 9.17) is 0 Å². The highest BCUT2D eigenvalue weighted by Gasteiger charge is 2.26. The fourth-order valence-corrected chi connectivity index (χ4v) is 3.06. The molecule has 2 amide bonds. The average Bonchev–Trinajstić information content (AvgIpc) is 3.05. The van der Waals surface area contributed by atoms with E-state index in [1.54, 1.807) is 12.3 Å². The minimum Gasteiger partial charge on any atom is -0.386 e. The molecule has 25 heavy (non-hydrogen) atoms. The highest BCUT2D eigenvalue weighted by atomic mass is 16.2. The number of hydrogen-bond donors (Lipinski definition) is 3. The molecule has 0 spiro atoms. The van der Waals surface area contributed by atoms with Gasteiger partial charge in [-0.3, -0.25) is 14.9 Å². The second-order valence-corrected chi connectivity index (χ2v) is 6.17. The summed E-state index contributed by atoms with van der Waals surface area (Å²) in [6.45, 7) is 0.584. The number of nitrogens with one attached hydrogen (secondary N) is 3. The van der Waals surface area contributed by atoms with Crippen LogP contribution in [-0.4, -0.2) is 24.6 Å².